The van der Waals surface area contributed by atoms with E-state index in [4.69, 9.17) is 0 Å². The third-order valence-electron chi connectivity index (χ3n) is 3.40. The van der Waals surface area contributed by atoms with E-state index in [1.165, 1.54) is 19.3 Å². The van der Waals surface area contributed by atoms with Crippen LogP contribution in [0.5, 0.6) is 0 Å². The molecule has 7 nitrogen and oxygen atoms in total. The number of anilines is 2. The fourth-order valence-electron chi connectivity index (χ4n) is 2.33. The minimum Gasteiger partial charge on any atom is -0.357 e. The van der Waals surface area contributed by atoms with E-state index < -0.39 is 0 Å². The second-order valence-electron chi connectivity index (χ2n) is 4.96. The third-order valence-corrected chi connectivity index (χ3v) is 3.40. The van der Waals surface area contributed by atoms with Crippen LogP contribution in [-0.2, 0) is 0 Å². The summed E-state index contributed by atoms with van der Waals surface area (Å²) in [5.74, 6) is 1.86. The lowest BCUT2D eigenvalue weighted by molar-refractivity contribution is 0.566. The molecule has 0 bridgehead atoms. The van der Waals surface area contributed by atoms with E-state index in [1.54, 1.807) is 4.68 Å². The average Bonchev–Trinajstić information content (AvgIpc) is 2.94. The van der Waals surface area contributed by atoms with Crippen molar-refractivity contribution >= 4 is 11.9 Å². The van der Waals surface area contributed by atoms with Gasteiger partial charge in [0, 0.05) is 26.3 Å². The van der Waals surface area contributed by atoms with Crippen molar-refractivity contribution in [2.24, 2.45) is 0 Å². The summed E-state index contributed by atoms with van der Waals surface area (Å²) in [4.78, 5) is 15.6. The maximum Gasteiger partial charge on any atom is 0.257 e. The Morgan fingerprint density at radius 3 is 2.45 bits per heavy atom. The Bertz CT molecular complexity index is 586. The maximum atomic E-state index is 4.55. The first-order valence-electron chi connectivity index (χ1n) is 6.98. The molecule has 1 N–H and O–H groups in total. The smallest absolute Gasteiger partial charge is 0.257 e. The highest BCUT2D eigenvalue weighted by Crippen LogP contribution is 2.18. The first kappa shape index (κ1) is 12.8. The molecule has 3 rings (SSSR count). The Morgan fingerprint density at radius 1 is 1.05 bits per heavy atom. The summed E-state index contributed by atoms with van der Waals surface area (Å²) in [6.07, 6.45) is 5.53. The van der Waals surface area contributed by atoms with Crippen LogP contribution in [0.25, 0.3) is 5.95 Å². The van der Waals surface area contributed by atoms with E-state index in [1.807, 2.05) is 26.2 Å². The van der Waals surface area contributed by atoms with Crippen LogP contribution in [0.1, 0.15) is 25.0 Å². The van der Waals surface area contributed by atoms with Crippen molar-refractivity contribution in [1.82, 2.24) is 24.7 Å². The third kappa shape index (κ3) is 2.56. The van der Waals surface area contributed by atoms with E-state index in [-0.39, 0.29) is 0 Å². The maximum absolute atomic E-state index is 4.55. The van der Waals surface area contributed by atoms with Crippen molar-refractivity contribution in [2.75, 3.05) is 30.4 Å². The van der Waals surface area contributed by atoms with E-state index in [0.29, 0.717) is 11.9 Å². The fourth-order valence-corrected chi connectivity index (χ4v) is 2.33. The second kappa shape index (κ2) is 5.44. The zero-order chi connectivity index (χ0) is 13.9. The predicted octanol–water partition coefficient (Wildman–Crippen LogP) is 1.40. The molecule has 0 spiro atoms. The molecule has 2 aromatic rings. The van der Waals surface area contributed by atoms with Crippen LogP contribution in [-0.4, -0.2) is 44.9 Å². The molecule has 1 aliphatic rings. The molecule has 1 aliphatic heterocycles. The summed E-state index contributed by atoms with van der Waals surface area (Å²) in [6.45, 7) is 3.96. The van der Waals surface area contributed by atoms with Gasteiger partial charge >= 0.3 is 0 Å². The molecule has 106 valence electrons. The molecule has 1 saturated heterocycles. The number of nitrogens with zero attached hydrogens (tertiary/aromatic N) is 6. The van der Waals surface area contributed by atoms with Gasteiger partial charge in [-0.2, -0.15) is 20.1 Å². The molecular formula is C13H19N7. The Balaban J connectivity index is 1.97. The van der Waals surface area contributed by atoms with Gasteiger partial charge in [0.25, 0.3) is 5.95 Å². The molecule has 0 atom stereocenters. The van der Waals surface area contributed by atoms with Crippen LogP contribution in [0.15, 0.2) is 12.3 Å². The highest BCUT2D eigenvalue weighted by Gasteiger charge is 2.16. The zero-order valence-corrected chi connectivity index (χ0v) is 11.9. The molecule has 0 aliphatic carbocycles. The highest BCUT2D eigenvalue weighted by molar-refractivity contribution is 5.40. The number of hydrogen-bond donors (Lipinski definition) is 1. The van der Waals surface area contributed by atoms with Gasteiger partial charge in [0.15, 0.2) is 0 Å². The van der Waals surface area contributed by atoms with Gasteiger partial charge in [-0.05, 0) is 32.3 Å². The number of hydrogen-bond acceptors (Lipinski definition) is 6. The number of rotatable bonds is 3. The quantitative estimate of drug-likeness (QED) is 0.911. The topological polar surface area (TPSA) is 71.8 Å². The van der Waals surface area contributed by atoms with Gasteiger partial charge in [0.05, 0.1) is 5.69 Å². The largest absolute Gasteiger partial charge is 0.357 e. The van der Waals surface area contributed by atoms with Gasteiger partial charge in [0.1, 0.15) is 0 Å². The van der Waals surface area contributed by atoms with Crippen molar-refractivity contribution in [1.29, 1.82) is 0 Å². The minimum absolute atomic E-state index is 0.554. The average molecular weight is 273 g/mol. The van der Waals surface area contributed by atoms with Crippen molar-refractivity contribution in [3.05, 3.63) is 18.0 Å². The molecule has 7 heteroatoms. The SMILES string of the molecule is CNc1nc(N2CCCCC2)nc(-n2ccc(C)n2)n1. The summed E-state index contributed by atoms with van der Waals surface area (Å²) in [5, 5.41) is 7.35. The first-order valence-corrected chi connectivity index (χ1v) is 6.98. The van der Waals surface area contributed by atoms with Crippen molar-refractivity contribution in [3.8, 4) is 5.95 Å². The van der Waals surface area contributed by atoms with Crippen LogP contribution in [0.4, 0.5) is 11.9 Å². The van der Waals surface area contributed by atoms with Gasteiger partial charge in [-0.15, -0.1) is 0 Å². The lowest BCUT2D eigenvalue weighted by Gasteiger charge is -2.26. The highest BCUT2D eigenvalue weighted by atomic mass is 15.4. The molecular weight excluding hydrogens is 254 g/mol. The molecule has 0 radical (unpaired) electrons. The Labute approximate surface area is 118 Å². The predicted molar refractivity (Wildman–Crippen MR) is 77.3 cm³/mol. The van der Waals surface area contributed by atoms with Crippen LogP contribution in [0.2, 0.25) is 0 Å². The van der Waals surface area contributed by atoms with Gasteiger partial charge in [-0.25, -0.2) is 4.68 Å². The lowest BCUT2D eigenvalue weighted by Crippen LogP contribution is -2.31. The standard InChI is InChI=1S/C13H19N7/c1-10-6-9-20(18-10)13-16-11(14-2)15-12(17-13)19-7-4-3-5-8-19/h6,9H,3-5,7-8H2,1-2H3,(H,14,15,16,17). The van der Waals surface area contributed by atoms with Gasteiger partial charge in [-0.3, -0.25) is 0 Å². The molecule has 20 heavy (non-hydrogen) atoms. The van der Waals surface area contributed by atoms with Crippen LogP contribution in [0, 0.1) is 6.92 Å². The molecule has 1 fully saturated rings. The Kier molecular flexibility index (Phi) is 3.49. The van der Waals surface area contributed by atoms with Crippen molar-refractivity contribution in [3.63, 3.8) is 0 Å². The summed E-state index contributed by atoms with van der Waals surface area (Å²) >= 11 is 0. The molecule has 3 heterocycles. The Hall–Kier alpha value is -2.18. The normalized spacial score (nSPS) is 15.4. The molecule has 0 saturated carbocycles. The van der Waals surface area contributed by atoms with Crippen LogP contribution in [0.3, 0.4) is 0 Å². The first-order chi connectivity index (χ1) is 9.76. The van der Waals surface area contributed by atoms with Crippen LogP contribution >= 0.6 is 0 Å². The molecule has 0 aromatic carbocycles. The number of piperidine rings is 1. The van der Waals surface area contributed by atoms with E-state index in [0.717, 1.165) is 24.7 Å². The van der Waals surface area contributed by atoms with Crippen molar-refractivity contribution in [2.45, 2.75) is 26.2 Å². The van der Waals surface area contributed by atoms with E-state index in [2.05, 4.69) is 30.3 Å². The zero-order valence-electron chi connectivity index (χ0n) is 11.9. The van der Waals surface area contributed by atoms with Crippen LogP contribution < -0.4 is 10.2 Å². The number of nitrogens with one attached hydrogen (secondary N) is 1. The van der Waals surface area contributed by atoms with Crippen molar-refractivity contribution < 1.29 is 0 Å². The molecule has 0 unspecified atom stereocenters. The monoisotopic (exact) mass is 273 g/mol. The summed E-state index contributed by atoms with van der Waals surface area (Å²) in [7, 11) is 1.81. The summed E-state index contributed by atoms with van der Waals surface area (Å²) in [6, 6.07) is 1.93. The molecule has 2 aromatic heterocycles. The second-order valence-corrected chi connectivity index (χ2v) is 4.96. The Morgan fingerprint density at radius 2 is 1.80 bits per heavy atom. The van der Waals surface area contributed by atoms with E-state index in [9.17, 15) is 0 Å². The molecule has 0 amide bonds. The number of aromatic nitrogens is 5. The van der Waals surface area contributed by atoms with Gasteiger partial charge in [0.2, 0.25) is 11.9 Å². The van der Waals surface area contributed by atoms with Gasteiger partial charge < -0.3 is 10.2 Å². The van der Waals surface area contributed by atoms with E-state index >= 15 is 0 Å². The summed E-state index contributed by atoms with van der Waals surface area (Å²) < 4.78 is 1.69. The fraction of sp³-hybridized carbons (Fsp3) is 0.538. The number of aryl methyl sites for hydroxylation is 1. The van der Waals surface area contributed by atoms with Gasteiger partial charge in [-0.1, -0.05) is 0 Å². The minimum atomic E-state index is 0.554. The lowest BCUT2D eigenvalue weighted by atomic mass is 10.1. The summed E-state index contributed by atoms with van der Waals surface area (Å²) in [5.41, 5.74) is 0.941.